The van der Waals surface area contributed by atoms with E-state index in [0.29, 0.717) is 6.04 Å². The number of rotatable bonds is 5. The Bertz CT molecular complexity index is 391. The molecule has 1 N–H and O–H groups in total. The highest BCUT2D eigenvalue weighted by atomic mass is 35.5. The van der Waals surface area contributed by atoms with Crippen LogP contribution in [0.4, 0.5) is 0 Å². The van der Waals surface area contributed by atoms with Crippen LogP contribution < -0.4 is 5.32 Å². The van der Waals surface area contributed by atoms with Gasteiger partial charge in [0.2, 0.25) is 0 Å². The topological polar surface area (TPSA) is 12.0 Å². The molecule has 3 unspecified atom stereocenters. The molecule has 1 aromatic carbocycles. The lowest BCUT2D eigenvalue weighted by atomic mass is 9.72. The van der Waals surface area contributed by atoms with Crippen LogP contribution in [0.25, 0.3) is 0 Å². The molecule has 1 aliphatic carbocycles. The van der Waals surface area contributed by atoms with Gasteiger partial charge >= 0.3 is 0 Å². The van der Waals surface area contributed by atoms with Crippen molar-refractivity contribution in [1.82, 2.24) is 5.32 Å². The predicted molar refractivity (Wildman–Crippen MR) is 83.6 cm³/mol. The van der Waals surface area contributed by atoms with Gasteiger partial charge in [-0.05, 0) is 42.5 Å². The molecular formula is C17H26ClN. The van der Waals surface area contributed by atoms with Crippen LogP contribution in [-0.2, 0) is 0 Å². The maximum atomic E-state index is 6.17. The van der Waals surface area contributed by atoms with Crippen molar-refractivity contribution in [3.63, 3.8) is 0 Å². The summed E-state index contributed by atoms with van der Waals surface area (Å²) in [5.74, 6) is 1.62. The minimum atomic E-state index is 0.467. The molecule has 0 aliphatic heterocycles. The normalized spacial score (nSPS) is 25.2. The third kappa shape index (κ3) is 3.73. The van der Waals surface area contributed by atoms with Gasteiger partial charge in [-0.15, -0.1) is 0 Å². The van der Waals surface area contributed by atoms with E-state index in [2.05, 4.69) is 37.4 Å². The van der Waals surface area contributed by atoms with Crippen LogP contribution in [0.5, 0.6) is 0 Å². The molecule has 3 atom stereocenters. The third-order valence-electron chi connectivity index (χ3n) is 4.55. The van der Waals surface area contributed by atoms with Gasteiger partial charge in [0.15, 0.2) is 0 Å². The lowest BCUT2D eigenvalue weighted by Crippen LogP contribution is -2.34. The Kier molecular flexibility index (Phi) is 5.72. The van der Waals surface area contributed by atoms with E-state index in [4.69, 9.17) is 11.6 Å². The quantitative estimate of drug-likeness (QED) is 0.780. The molecule has 1 aliphatic rings. The monoisotopic (exact) mass is 279 g/mol. The summed E-state index contributed by atoms with van der Waals surface area (Å²) >= 11 is 6.17. The Balaban J connectivity index is 2.23. The predicted octanol–water partition coefficient (Wildman–Crippen LogP) is 5.21. The van der Waals surface area contributed by atoms with E-state index < -0.39 is 0 Å². The second-order valence-corrected chi connectivity index (χ2v) is 6.14. The standard InChI is InChI=1S/C17H26ClN/c1-3-13-8-5-6-11-16(13)17(19-4-2)14-9-7-10-15(18)12-14/h7,9-10,12-13,16-17,19H,3-6,8,11H2,1-2H3. The van der Waals surface area contributed by atoms with Gasteiger partial charge in [-0.25, -0.2) is 0 Å². The number of halogens is 1. The highest BCUT2D eigenvalue weighted by molar-refractivity contribution is 6.30. The maximum Gasteiger partial charge on any atom is 0.0409 e. The fourth-order valence-corrected chi connectivity index (χ4v) is 3.82. The first kappa shape index (κ1) is 14.9. The average molecular weight is 280 g/mol. The summed E-state index contributed by atoms with van der Waals surface area (Å²) in [4.78, 5) is 0. The molecule has 0 saturated heterocycles. The van der Waals surface area contributed by atoms with Gasteiger partial charge in [-0.1, -0.05) is 63.3 Å². The zero-order valence-corrected chi connectivity index (χ0v) is 12.9. The molecule has 0 spiro atoms. The first-order valence-electron chi connectivity index (χ1n) is 7.75. The Hall–Kier alpha value is -0.530. The van der Waals surface area contributed by atoms with Crippen LogP contribution in [0, 0.1) is 11.8 Å². The zero-order chi connectivity index (χ0) is 13.7. The molecule has 0 bridgehead atoms. The molecule has 0 heterocycles. The first-order valence-corrected chi connectivity index (χ1v) is 8.12. The molecule has 1 saturated carbocycles. The van der Waals surface area contributed by atoms with Crippen LogP contribution >= 0.6 is 11.6 Å². The summed E-state index contributed by atoms with van der Waals surface area (Å²) in [6.45, 7) is 5.55. The van der Waals surface area contributed by atoms with Crippen molar-refractivity contribution < 1.29 is 0 Å². The fraction of sp³-hybridized carbons (Fsp3) is 0.647. The smallest absolute Gasteiger partial charge is 0.0409 e. The van der Waals surface area contributed by atoms with E-state index in [1.165, 1.54) is 37.7 Å². The summed E-state index contributed by atoms with van der Waals surface area (Å²) in [7, 11) is 0. The summed E-state index contributed by atoms with van der Waals surface area (Å²) in [5, 5.41) is 4.55. The largest absolute Gasteiger partial charge is 0.310 e. The van der Waals surface area contributed by atoms with E-state index in [9.17, 15) is 0 Å². The van der Waals surface area contributed by atoms with E-state index in [1.807, 2.05) is 6.07 Å². The van der Waals surface area contributed by atoms with Gasteiger partial charge in [0, 0.05) is 11.1 Å². The highest BCUT2D eigenvalue weighted by Crippen LogP contribution is 2.40. The fourth-order valence-electron chi connectivity index (χ4n) is 3.62. The maximum absolute atomic E-state index is 6.17. The van der Waals surface area contributed by atoms with Crippen LogP contribution in [0.3, 0.4) is 0 Å². The van der Waals surface area contributed by atoms with Crippen molar-refractivity contribution in [2.75, 3.05) is 6.54 Å². The van der Waals surface area contributed by atoms with Gasteiger partial charge in [0.25, 0.3) is 0 Å². The Labute approximate surface area is 122 Å². The molecule has 19 heavy (non-hydrogen) atoms. The summed E-state index contributed by atoms with van der Waals surface area (Å²) in [6, 6.07) is 8.86. The second kappa shape index (κ2) is 7.31. The molecule has 1 nitrogen and oxygen atoms in total. The summed E-state index contributed by atoms with van der Waals surface area (Å²) in [5.41, 5.74) is 1.36. The Morgan fingerprint density at radius 1 is 1.26 bits per heavy atom. The van der Waals surface area contributed by atoms with E-state index in [1.54, 1.807) is 0 Å². The van der Waals surface area contributed by atoms with Crippen molar-refractivity contribution in [1.29, 1.82) is 0 Å². The van der Waals surface area contributed by atoms with Crippen molar-refractivity contribution in [2.45, 2.75) is 52.0 Å². The SMILES string of the molecule is CCNC(c1cccc(Cl)c1)C1CCCCC1CC. The van der Waals surface area contributed by atoms with Gasteiger partial charge in [-0.3, -0.25) is 0 Å². The van der Waals surface area contributed by atoms with Gasteiger partial charge in [0.1, 0.15) is 0 Å². The average Bonchev–Trinajstić information content (AvgIpc) is 2.45. The van der Waals surface area contributed by atoms with Crippen molar-refractivity contribution >= 4 is 11.6 Å². The molecule has 0 radical (unpaired) electrons. The molecule has 0 aromatic heterocycles. The van der Waals surface area contributed by atoms with Crippen molar-refractivity contribution in [3.8, 4) is 0 Å². The van der Waals surface area contributed by atoms with Crippen LogP contribution in [-0.4, -0.2) is 6.54 Å². The van der Waals surface area contributed by atoms with Crippen LogP contribution in [0.1, 0.15) is 57.6 Å². The van der Waals surface area contributed by atoms with Gasteiger partial charge in [-0.2, -0.15) is 0 Å². The number of benzene rings is 1. The van der Waals surface area contributed by atoms with E-state index >= 15 is 0 Å². The summed E-state index contributed by atoms with van der Waals surface area (Å²) < 4.78 is 0. The number of hydrogen-bond acceptors (Lipinski definition) is 1. The molecular weight excluding hydrogens is 254 g/mol. The molecule has 2 rings (SSSR count). The van der Waals surface area contributed by atoms with Crippen LogP contribution in [0.2, 0.25) is 5.02 Å². The Morgan fingerprint density at radius 2 is 2.05 bits per heavy atom. The molecule has 1 fully saturated rings. The Morgan fingerprint density at radius 3 is 2.74 bits per heavy atom. The van der Waals surface area contributed by atoms with E-state index in [0.717, 1.165) is 23.4 Å². The minimum absolute atomic E-state index is 0.467. The zero-order valence-electron chi connectivity index (χ0n) is 12.2. The number of hydrogen-bond donors (Lipinski definition) is 1. The summed E-state index contributed by atoms with van der Waals surface area (Å²) in [6.07, 6.45) is 6.83. The van der Waals surface area contributed by atoms with Gasteiger partial charge < -0.3 is 5.32 Å². The van der Waals surface area contributed by atoms with E-state index in [-0.39, 0.29) is 0 Å². The first-order chi connectivity index (χ1) is 9.26. The number of nitrogens with one attached hydrogen (secondary N) is 1. The highest BCUT2D eigenvalue weighted by Gasteiger charge is 2.31. The van der Waals surface area contributed by atoms with Crippen LogP contribution in [0.15, 0.2) is 24.3 Å². The van der Waals surface area contributed by atoms with Gasteiger partial charge in [0.05, 0.1) is 0 Å². The molecule has 0 amide bonds. The molecule has 1 aromatic rings. The second-order valence-electron chi connectivity index (χ2n) is 5.71. The molecule has 2 heteroatoms. The van der Waals surface area contributed by atoms with Crippen molar-refractivity contribution in [2.24, 2.45) is 11.8 Å². The minimum Gasteiger partial charge on any atom is -0.310 e. The molecule has 106 valence electrons. The lowest BCUT2D eigenvalue weighted by molar-refractivity contribution is 0.177. The van der Waals surface area contributed by atoms with Crippen molar-refractivity contribution in [3.05, 3.63) is 34.9 Å². The third-order valence-corrected chi connectivity index (χ3v) is 4.79. The lowest BCUT2D eigenvalue weighted by Gasteiger charge is -2.37.